The predicted octanol–water partition coefficient (Wildman–Crippen LogP) is 3.69. The second-order valence-electron chi connectivity index (χ2n) is 5.04. The van der Waals surface area contributed by atoms with Crippen molar-refractivity contribution in [3.05, 3.63) is 0 Å². The molecule has 1 N–H and O–H groups in total. The maximum absolute atomic E-state index is 3.67. The standard InChI is InChI=1S/C13H27NS/c1-4-9-14-13(11(2)3)10-15-12-7-5-6-8-12/h11-14H,4-10H2,1-3H3. The lowest BCUT2D eigenvalue weighted by Gasteiger charge is -2.23. The quantitative estimate of drug-likeness (QED) is 0.714. The fourth-order valence-electron chi connectivity index (χ4n) is 2.11. The molecule has 0 aliphatic heterocycles. The Morgan fingerprint density at radius 2 is 1.93 bits per heavy atom. The third-order valence-corrected chi connectivity index (χ3v) is 4.77. The van der Waals surface area contributed by atoms with Gasteiger partial charge < -0.3 is 5.32 Å². The molecule has 1 atom stereocenters. The topological polar surface area (TPSA) is 12.0 Å². The predicted molar refractivity (Wildman–Crippen MR) is 71.6 cm³/mol. The van der Waals surface area contributed by atoms with Gasteiger partial charge in [0.15, 0.2) is 0 Å². The van der Waals surface area contributed by atoms with E-state index in [-0.39, 0.29) is 0 Å². The second kappa shape index (κ2) is 7.56. The molecule has 90 valence electrons. The van der Waals surface area contributed by atoms with E-state index in [4.69, 9.17) is 0 Å². The molecule has 1 aliphatic carbocycles. The summed E-state index contributed by atoms with van der Waals surface area (Å²) in [6.45, 7) is 8.09. The summed E-state index contributed by atoms with van der Waals surface area (Å²) in [5.41, 5.74) is 0. The molecule has 1 fully saturated rings. The van der Waals surface area contributed by atoms with Gasteiger partial charge in [0.25, 0.3) is 0 Å². The highest BCUT2D eigenvalue weighted by molar-refractivity contribution is 7.99. The summed E-state index contributed by atoms with van der Waals surface area (Å²) in [4.78, 5) is 0. The van der Waals surface area contributed by atoms with Crippen molar-refractivity contribution in [1.82, 2.24) is 5.32 Å². The molecule has 0 amide bonds. The molecule has 2 heteroatoms. The molecule has 0 radical (unpaired) electrons. The third-order valence-electron chi connectivity index (χ3n) is 3.27. The van der Waals surface area contributed by atoms with E-state index in [0.717, 1.165) is 17.2 Å². The van der Waals surface area contributed by atoms with Gasteiger partial charge in [-0.15, -0.1) is 0 Å². The van der Waals surface area contributed by atoms with E-state index in [0.29, 0.717) is 0 Å². The van der Waals surface area contributed by atoms with E-state index in [9.17, 15) is 0 Å². The van der Waals surface area contributed by atoms with Gasteiger partial charge in [-0.25, -0.2) is 0 Å². The molecule has 0 aromatic heterocycles. The number of hydrogen-bond acceptors (Lipinski definition) is 2. The first-order valence-corrected chi connectivity index (χ1v) is 7.64. The van der Waals surface area contributed by atoms with Gasteiger partial charge in [0.05, 0.1) is 0 Å². The van der Waals surface area contributed by atoms with Gasteiger partial charge in [0, 0.05) is 17.0 Å². The van der Waals surface area contributed by atoms with Gasteiger partial charge in [0.1, 0.15) is 0 Å². The lowest BCUT2D eigenvalue weighted by molar-refractivity contribution is 0.433. The summed E-state index contributed by atoms with van der Waals surface area (Å²) in [7, 11) is 0. The first-order valence-electron chi connectivity index (χ1n) is 6.59. The molecule has 1 unspecified atom stereocenters. The molecule has 0 aromatic carbocycles. The SMILES string of the molecule is CCCNC(CSC1CCCC1)C(C)C. The smallest absolute Gasteiger partial charge is 0.0181 e. The maximum Gasteiger partial charge on any atom is 0.0181 e. The van der Waals surface area contributed by atoms with Crippen molar-refractivity contribution in [2.75, 3.05) is 12.3 Å². The van der Waals surface area contributed by atoms with Crippen molar-refractivity contribution < 1.29 is 0 Å². The average molecular weight is 229 g/mol. The first kappa shape index (κ1) is 13.4. The lowest BCUT2D eigenvalue weighted by Crippen LogP contribution is -2.36. The van der Waals surface area contributed by atoms with Gasteiger partial charge in [-0.2, -0.15) is 11.8 Å². The Balaban J connectivity index is 2.17. The van der Waals surface area contributed by atoms with Crippen LogP contribution in [0.1, 0.15) is 52.9 Å². The summed E-state index contributed by atoms with van der Waals surface area (Å²) in [5, 5.41) is 4.64. The summed E-state index contributed by atoms with van der Waals surface area (Å²) in [6.07, 6.45) is 7.10. The van der Waals surface area contributed by atoms with E-state index in [2.05, 4.69) is 37.8 Å². The fourth-order valence-corrected chi connectivity index (χ4v) is 3.76. The molecule has 15 heavy (non-hydrogen) atoms. The molecule has 0 bridgehead atoms. The highest BCUT2D eigenvalue weighted by atomic mass is 32.2. The Labute approximate surface area is 99.8 Å². The molecular formula is C13H27NS. The van der Waals surface area contributed by atoms with Crippen molar-refractivity contribution >= 4 is 11.8 Å². The fraction of sp³-hybridized carbons (Fsp3) is 1.00. The van der Waals surface area contributed by atoms with Crippen molar-refractivity contribution in [3.63, 3.8) is 0 Å². The van der Waals surface area contributed by atoms with Crippen LogP contribution in [0.15, 0.2) is 0 Å². The number of nitrogens with one attached hydrogen (secondary N) is 1. The van der Waals surface area contributed by atoms with Crippen molar-refractivity contribution in [3.8, 4) is 0 Å². The monoisotopic (exact) mass is 229 g/mol. The van der Waals surface area contributed by atoms with Gasteiger partial charge >= 0.3 is 0 Å². The number of rotatable bonds is 7. The van der Waals surface area contributed by atoms with Crippen LogP contribution in [0, 0.1) is 5.92 Å². The Morgan fingerprint density at radius 1 is 1.27 bits per heavy atom. The average Bonchev–Trinajstić information content (AvgIpc) is 2.70. The zero-order valence-electron chi connectivity index (χ0n) is 10.6. The molecule has 1 rings (SSSR count). The van der Waals surface area contributed by atoms with Crippen molar-refractivity contribution in [2.45, 2.75) is 64.2 Å². The molecule has 0 aromatic rings. The molecule has 0 saturated heterocycles. The van der Waals surface area contributed by atoms with E-state index < -0.39 is 0 Å². The Morgan fingerprint density at radius 3 is 2.47 bits per heavy atom. The minimum absolute atomic E-state index is 0.718. The van der Waals surface area contributed by atoms with Crippen LogP contribution >= 0.6 is 11.8 Å². The van der Waals surface area contributed by atoms with Crippen LogP contribution in [0.5, 0.6) is 0 Å². The van der Waals surface area contributed by atoms with Gasteiger partial charge in [-0.05, 0) is 31.7 Å². The Hall–Kier alpha value is 0.310. The molecule has 1 aliphatic rings. The second-order valence-corrected chi connectivity index (χ2v) is 6.38. The van der Waals surface area contributed by atoms with Gasteiger partial charge in [-0.1, -0.05) is 33.6 Å². The van der Waals surface area contributed by atoms with E-state index >= 15 is 0 Å². The zero-order chi connectivity index (χ0) is 11.1. The van der Waals surface area contributed by atoms with Crippen LogP contribution in [0.2, 0.25) is 0 Å². The highest BCUT2D eigenvalue weighted by Gasteiger charge is 2.19. The number of hydrogen-bond donors (Lipinski definition) is 1. The third kappa shape index (κ3) is 5.26. The largest absolute Gasteiger partial charge is 0.313 e. The highest BCUT2D eigenvalue weighted by Crippen LogP contribution is 2.30. The number of thioether (sulfide) groups is 1. The maximum atomic E-state index is 3.67. The minimum Gasteiger partial charge on any atom is -0.313 e. The zero-order valence-corrected chi connectivity index (χ0v) is 11.4. The Kier molecular flexibility index (Phi) is 6.74. The van der Waals surface area contributed by atoms with Crippen LogP contribution in [-0.2, 0) is 0 Å². The van der Waals surface area contributed by atoms with Crippen LogP contribution < -0.4 is 5.32 Å². The summed E-state index contributed by atoms with van der Waals surface area (Å²) < 4.78 is 0. The molecular weight excluding hydrogens is 202 g/mol. The molecule has 1 saturated carbocycles. The first-order chi connectivity index (χ1) is 7.24. The minimum atomic E-state index is 0.718. The van der Waals surface area contributed by atoms with Crippen LogP contribution in [0.3, 0.4) is 0 Å². The Bertz CT molecular complexity index is 153. The van der Waals surface area contributed by atoms with Crippen LogP contribution in [0.4, 0.5) is 0 Å². The van der Waals surface area contributed by atoms with Gasteiger partial charge in [0.2, 0.25) is 0 Å². The molecule has 1 nitrogen and oxygen atoms in total. The van der Waals surface area contributed by atoms with Crippen LogP contribution in [0.25, 0.3) is 0 Å². The van der Waals surface area contributed by atoms with E-state index in [1.807, 2.05) is 0 Å². The van der Waals surface area contributed by atoms with E-state index in [1.165, 1.54) is 44.4 Å². The molecule has 0 heterocycles. The van der Waals surface area contributed by atoms with E-state index in [1.54, 1.807) is 0 Å². The summed E-state index contributed by atoms with van der Waals surface area (Å²) >= 11 is 2.21. The van der Waals surface area contributed by atoms with Crippen LogP contribution in [-0.4, -0.2) is 23.6 Å². The van der Waals surface area contributed by atoms with Gasteiger partial charge in [-0.3, -0.25) is 0 Å². The molecule has 0 spiro atoms. The lowest BCUT2D eigenvalue weighted by atomic mass is 10.1. The normalized spacial score (nSPS) is 20.0. The summed E-state index contributed by atoms with van der Waals surface area (Å²) in [5.74, 6) is 2.08. The van der Waals surface area contributed by atoms with Crippen molar-refractivity contribution in [1.29, 1.82) is 0 Å². The van der Waals surface area contributed by atoms with Crippen molar-refractivity contribution in [2.24, 2.45) is 5.92 Å². The summed E-state index contributed by atoms with van der Waals surface area (Å²) in [6, 6.07) is 0.718.